The van der Waals surface area contributed by atoms with Gasteiger partial charge in [-0.15, -0.1) is 0 Å². The van der Waals surface area contributed by atoms with Gasteiger partial charge in [0.15, 0.2) is 0 Å². The fourth-order valence-corrected chi connectivity index (χ4v) is 15.2. The lowest BCUT2D eigenvalue weighted by Crippen LogP contribution is -2.66. The van der Waals surface area contributed by atoms with Crippen molar-refractivity contribution in [2.45, 2.75) is 103 Å². The van der Waals surface area contributed by atoms with E-state index in [-0.39, 0.29) is 46.8 Å². The summed E-state index contributed by atoms with van der Waals surface area (Å²) in [4.78, 5) is 30.5. The summed E-state index contributed by atoms with van der Waals surface area (Å²) in [6.07, 6.45) is 10.3. The summed E-state index contributed by atoms with van der Waals surface area (Å²) >= 11 is 0. The molecule has 8 rings (SSSR count). The van der Waals surface area contributed by atoms with Gasteiger partial charge in [-0.1, -0.05) is 150 Å². The number of fused-ring (bicyclic) bond motifs is 4. The van der Waals surface area contributed by atoms with Crippen LogP contribution in [0, 0.1) is 17.8 Å². The number of aromatic hydroxyl groups is 1. The van der Waals surface area contributed by atoms with Gasteiger partial charge in [0, 0.05) is 17.3 Å². The molecule has 3 fully saturated rings. The number of allylic oxidation sites excluding steroid dienone is 1. The van der Waals surface area contributed by atoms with E-state index in [1.807, 2.05) is 24.3 Å². The highest BCUT2D eigenvalue weighted by Gasteiger charge is 2.59. The van der Waals surface area contributed by atoms with E-state index < -0.39 is 8.32 Å². The third-order valence-corrected chi connectivity index (χ3v) is 18.3. The molecule has 2 aliphatic heterocycles. The van der Waals surface area contributed by atoms with Gasteiger partial charge in [0.05, 0.1) is 31.2 Å². The maximum Gasteiger partial charge on any atom is 0.261 e. The molecule has 2 amide bonds. The molecule has 292 valence electrons. The Morgan fingerprint density at radius 2 is 1.48 bits per heavy atom. The van der Waals surface area contributed by atoms with Gasteiger partial charge in [-0.2, -0.15) is 0 Å². The first-order valence-corrected chi connectivity index (χ1v) is 22.9. The fraction of sp³-hybridized carbons (Fsp3) is 0.429. The van der Waals surface area contributed by atoms with Crippen LogP contribution in [-0.4, -0.2) is 55.5 Å². The monoisotopic (exact) mass is 767 g/mol. The molecule has 7 heteroatoms. The first-order chi connectivity index (χ1) is 27.1. The van der Waals surface area contributed by atoms with Crippen molar-refractivity contribution in [3.63, 3.8) is 0 Å². The molecule has 0 spiro atoms. The number of phenolic OH excluding ortho intramolecular Hbond substituents is 1. The maximum atomic E-state index is 14.4. The zero-order valence-corrected chi connectivity index (χ0v) is 34.5. The third kappa shape index (κ3) is 6.90. The zero-order valence-electron chi connectivity index (χ0n) is 33.5. The normalized spacial score (nSPS) is 23.6. The number of rotatable bonds is 11. The lowest BCUT2D eigenvalue weighted by Gasteiger charge is -2.44. The van der Waals surface area contributed by atoms with Crippen LogP contribution >= 0.6 is 0 Å². The van der Waals surface area contributed by atoms with Gasteiger partial charge in [-0.05, 0) is 82.1 Å². The van der Waals surface area contributed by atoms with Crippen LogP contribution < -0.4 is 10.4 Å². The topological polar surface area (TPSA) is 76.1 Å². The number of hydrogen-bond acceptors (Lipinski definition) is 5. The quantitative estimate of drug-likeness (QED) is 0.0936. The SMILES string of the molecule is CC/C(=C\c1ccc(O)c2ccccc12)CC[C@H]1OC[C@H]2C1=C(CO[Si](c1ccccc1)(c1ccccc1)C(C)(C)C)C[C@H]1C(=O)N(C3CCCCC3)C(=O)[C@H]12. The fourth-order valence-electron chi connectivity index (χ4n) is 10.6. The zero-order chi connectivity index (χ0) is 39.0. The van der Waals surface area contributed by atoms with Gasteiger partial charge in [0.25, 0.3) is 8.32 Å². The minimum absolute atomic E-state index is 0.0148. The Bertz CT molecular complexity index is 2090. The molecule has 2 saturated heterocycles. The van der Waals surface area contributed by atoms with E-state index in [0.29, 0.717) is 25.4 Å². The van der Waals surface area contributed by atoms with Crippen LogP contribution in [0.3, 0.4) is 0 Å². The first kappa shape index (κ1) is 38.6. The first-order valence-electron chi connectivity index (χ1n) is 21.0. The van der Waals surface area contributed by atoms with Crippen LogP contribution in [0.25, 0.3) is 16.8 Å². The maximum absolute atomic E-state index is 14.4. The number of hydrogen-bond donors (Lipinski definition) is 1. The number of amides is 2. The van der Waals surface area contributed by atoms with E-state index >= 15 is 0 Å². The molecule has 4 atom stereocenters. The molecule has 2 heterocycles. The number of carbonyl (C=O) groups is 2. The van der Waals surface area contributed by atoms with Crippen molar-refractivity contribution in [2.24, 2.45) is 17.8 Å². The minimum Gasteiger partial charge on any atom is -0.507 e. The van der Waals surface area contributed by atoms with Crippen LogP contribution in [0.4, 0.5) is 0 Å². The summed E-state index contributed by atoms with van der Waals surface area (Å²) < 4.78 is 14.3. The van der Waals surface area contributed by atoms with Crippen molar-refractivity contribution in [3.8, 4) is 5.75 Å². The van der Waals surface area contributed by atoms with Crippen molar-refractivity contribution >= 4 is 47.4 Å². The summed E-state index contributed by atoms with van der Waals surface area (Å²) in [5, 5.41) is 14.7. The van der Waals surface area contributed by atoms with E-state index in [4.69, 9.17) is 9.16 Å². The number of benzene rings is 4. The molecular weight excluding hydrogens is 711 g/mol. The van der Waals surface area contributed by atoms with E-state index in [9.17, 15) is 14.7 Å². The number of likely N-dealkylation sites (tertiary alicyclic amines) is 1. The van der Waals surface area contributed by atoms with Gasteiger partial charge in [-0.25, -0.2) is 0 Å². The Labute approximate surface area is 333 Å². The predicted molar refractivity (Wildman–Crippen MR) is 227 cm³/mol. The highest BCUT2D eigenvalue weighted by molar-refractivity contribution is 6.99. The minimum atomic E-state index is -2.88. The Balaban J connectivity index is 1.16. The third-order valence-electron chi connectivity index (χ3n) is 13.3. The molecule has 1 saturated carbocycles. The molecular formula is C49H57NO5Si. The summed E-state index contributed by atoms with van der Waals surface area (Å²) in [5.41, 5.74) is 4.77. The Morgan fingerprint density at radius 3 is 2.12 bits per heavy atom. The lowest BCUT2D eigenvalue weighted by atomic mass is 9.69. The molecule has 0 bridgehead atoms. The molecule has 0 unspecified atom stereocenters. The second-order valence-corrected chi connectivity index (χ2v) is 21.8. The number of carbonyl (C=O) groups excluding carboxylic acids is 2. The second kappa shape index (κ2) is 15.9. The van der Waals surface area contributed by atoms with Gasteiger partial charge < -0.3 is 14.3 Å². The largest absolute Gasteiger partial charge is 0.507 e. The predicted octanol–water partition coefficient (Wildman–Crippen LogP) is 9.34. The van der Waals surface area contributed by atoms with E-state index in [1.165, 1.54) is 27.9 Å². The molecule has 4 aromatic carbocycles. The highest BCUT2D eigenvalue weighted by Crippen LogP contribution is 2.51. The number of nitrogens with zero attached hydrogens (tertiary/aromatic N) is 1. The van der Waals surface area contributed by atoms with Gasteiger partial charge in [-0.3, -0.25) is 14.5 Å². The van der Waals surface area contributed by atoms with Crippen molar-refractivity contribution < 1.29 is 23.9 Å². The van der Waals surface area contributed by atoms with Crippen LogP contribution in [0.5, 0.6) is 5.75 Å². The summed E-state index contributed by atoms with van der Waals surface area (Å²) in [5.74, 6) is -0.526. The molecule has 4 aromatic rings. The van der Waals surface area contributed by atoms with E-state index in [1.54, 1.807) is 11.0 Å². The molecule has 2 aliphatic carbocycles. The summed E-state index contributed by atoms with van der Waals surface area (Å²) in [7, 11) is -2.88. The smallest absolute Gasteiger partial charge is 0.261 e. The Hall–Kier alpha value is -4.30. The van der Waals surface area contributed by atoms with Crippen molar-refractivity contribution in [1.82, 2.24) is 4.90 Å². The molecule has 0 aromatic heterocycles. The van der Waals surface area contributed by atoms with Gasteiger partial charge in [0.1, 0.15) is 5.75 Å². The number of phenols is 1. The molecule has 6 nitrogen and oxygen atoms in total. The van der Waals surface area contributed by atoms with Crippen molar-refractivity contribution in [1.29, 1.82) is 0 Å². The molecule has 56 heavy (non-hydrogen) atoms. The lowest BCUT2D eigenvalue weighted by molar-refractivity contribution is -0.143. The standard InChI is InChI=1S/C49H57NO5Si/c1-5-33(29-34-26-27-43(51)40-24-16-15-23-39(34)40)25-28-44-45-35(30-41-46(42(45)32-54-44)48(53)50(47(41)52)36-17-9-6-10-18-36)31-55-56(49(2,3)4,37-19-11-7-12-20-37)38-21-13-8-14-22-38/h7-8,11-16,19-24,26-27,29,36,41-42,44,46,51H,5-6,9-10,17-18,25,28,30-32H2,1-4H3/b33-29+/t41-,42+,44-,46-/m1/s1. The summed E-state index contributed by atoms with van der Waals surface area (Å²) in [6.45, 7) is 9.96. The van der Waals surface area contributed by atoms with Crippen LogP contribution in [0.15, 0.2) is 114 Å². The number of imide groups is 1. The van der Waals surface area contributed by atoms with E-state index in [0.717, 1.165) is 66.9 Å². The molecule has 1 N–H and O–H groups in total. The van der Waals surface area contributed by atoms with E-state index in [2.05, 4.69) is 101 Å². The number of ether oxygens (including phenoxy) is 1. The van der Waals surface area contributed by atoms with Gasteiger partial charge in [0.2, 0.25) is 11.8 Å². The van der Waals surface area contributed by atoms with Crippen molar-refractivity contribution in [3.05, 3.63) is 119 Å². The average molecular weight is 768 g/mol. The Kier molecular flexibility index (Phi) is 11.0. The summed E-state index contributed by atoms with van der Waals surface area (Å²) in [6, 6.07) is 33.3. The Morgan fingerprint density at radius 1 is 0.839 bits per heavy atom. The molecule has 4 aliphatic rings. The average Bonchev–Trinajstić information content (AvgIpc) is 3.75. The second-order valence-electron chi connectivity index (χ2n) is 17.5. The van der Waals surface area contributed by atoms with Crippen LogP contribution in [0.1, 0.15) is 91.0 Å². The highest BCUT2D eigenvalue weighted by atomic mass is 28.4. The van der Waals surface area contributed by atoms with Crippen molar-refractivity contribution in [2.75, 3.05) is 13.2 Å². The molecule has 0 radical (unpaired) electrons. The van der Waals surface area contributed by atoms with Gasteiger partial charge >= 0.3 is 0 Å². The van der Waals surface area contributed by atoms with Crippen LogP contribution in [-0.2, 0) is 18.8 Å². The van der Waals surface area contributed by atoms with Crippen LogP contribution in [0.2, 0.25) is 5.04 Å².